The average Bonchev–Trinajstić information content (AvgIpc) is 2.46. The van der Waals surface area contributed by atoms with E-state index in [0.29, 0.717) is 11.6 Å². The number of rotatable bonds is 3. The standard InChI is InChI=1S/C15H25N3O/c1-4-13(2)15(19)18-11-9-17(10-12-18)14-5-7-16(3)8-6-14/h4,14H,1-2,5-12H2,3H3. The number of piperazine rings is 1. The van der Waals surface area contributed by atoms with Gasteiger partial charge in [-0.25, -0.2) is 0 Å². The Labute approximate surface area is 116 Å². The van der Waals surface area contributed by atoms with Gasteiger partial charge in [-0.3, -0.25) is 9.69 Å². The molecule has 19 heavy (non-hydrogen) atoms. The van der Waals surface area contributed by atoms with Crippen molar-refractivity contribution in [1.82, 2.24) is 14.7 Å². The summed E-state index contributed by atoms with van der Waals surface area (Å²) in [6, 6.07) is 0.705. The zero-order valence-electron chi connectivity index (χ0n) is 12.0. The molecule has 0 spiro atoms. The Morgan fingerprint density at radius 1 is 1.11 bits per heavy atom. The zero-order chi connectivity index (χ0) is 13.8. The molecule has 106 valence electrons. The van der Waals surface area contributed by atoms with Gasteiger partial charge in [0.2, 0.25) is 0 Å². The van der Waals surface area contributed by atoms with Crippen LogP contribution < -0.4 is 0 Å². The van der Waals surface area contributed by atoms with Crippen molar-refractivity contribution in [2.24, 2.45) is 0 Å². The van der Waals surface area contributed by atoms with E-state index in [-0.39, 0.29) is 5.91 Å². The fraction of sp³-hybridized carbons (Fsp3) is 0.667. The number of hydrogen-bond donors (Lipinski definition) is 0. The summed E-state index contributed by atoms with van der Waals surface area (Å²) < 4.78 is 0. The van der Waals surface area contributed by atoms with E-state index >= 15 is 0 Å². The quantitative estimate of drug-likeness (QED) is 0.561. The maximum Gasteiger partial charge on any atom is 0.253 e. The molecule has 2 fully saturated rings. The first kappa shape index (κ1) is 14.3. The molecule has 2 rings (SSSR count). The number of piperidine rings is 1. The molecule has 2 aliphatic heterocycles. The van der Waals surface area contributed by atoms with Gasteiger partial charge in [0.1, 0.15) is 0 Å². The summed E-state index contributed by atoms with van der Waals surface area (Å²) in [5, 5.41) is 0. The molecule has 0 aliphatic carbocycles. The van der Waals surface area contributed by atoms with Crippen LogP contribution in [0.25, 0.3) is 0 Å². The van der Waals surface area contributed by atoms with Gasteiger partial charge in [-0.05, 0) is 33.0 Å². The molecule has 2 aliphatic rings. The maximum absolute atomic E-state index is 12.0. The monoisotopic (exact) mass is 263 g/mol. The molecule has 1 amide bonds. The Kier molecular flexibility index (Phi) is 4.77. The van der Waals surface area contributed by atoms with Crippen molar-refractivity contribution >= 4 is 5.91 Å². The number of nitrogens with zero attached hydrogens (tertiary/aromatic N) is 3. The number of carbonyl (C=O) groups is 1. The zero-order valence-corrected chi connectivity index (χ0v) is 12.0. The molecule has 2 saturated heterocycles. The number of amides is 1. The Hall–Kier alpha value is -1.13. The van der Waals surface area contributed by atoms with E-state index in [1.165, 1.54) is 25.9 Å². The van der Waals surface area contributed by atoms with E-state index in [1.807, 2.05) is 4.90 Å². The third-order valence-corrected chi connectivity index (χ3v) is 4.33. The second-order valence-electron chi connectivity index (χ2n) is 5.59. The lowest BCUT2D eigenvalue weighted by Crippen LogP contribution is -2.54. The van der Waals surface area contributed by atoms with Crippen LogP contribution in [-0.2, 0) is 4.79 Å². The van der Waals surface area contributed by atoms with Crippen LogP contribution in [-0.4, -0.2) is 73.0 Å². The summed E-state index contributed by atoms with van der Waals surface area (Å²) in [5.74, 6) is 0.0398. The van der Waals surface area contributed by atoms with Crippen molar-refractivity contribution in [2.45, 2.75) is 18.9 Å². The second-order valence-corrected chi connectivity index (χ2v) is 5.59. The Morgan fingerprint density at radius 3 is 2.21 bits per heavy atom. The van der Waals surface area contributed by atoms with Crippen molar-refractivity contribution in [3.8, 4) is 0 Å². The predicted molar refractivity (Wildman–Crippen MR) is 78.0 cm³/mol. The lowest BCUT2D eigenvalue weighted by atomic mass is 10.0. The van der Waals surface area contributed by atoms with Gasteiger partial charge in [0.15, 0.2) is 0 Å². The molecule has 0 radical (unpaired) electrons. The van der Waals surface area contributed by atoms with E-state index in [1.54, 1.807) is 6.08 Å². The highest BCUT2D eigenvalue weighted by molar-refractivity contribution is 5.95. The number of carbonyl (C=O) groups excluding carboxylic acids is 1. The van der Waals surface area contributed by atoms with Crippen molar-refractivity contribution in [2.75, 3.05) is 46.3 Å². The smallest absolute Gasteiger partial charge is 0.253 e. The third kappa shape index (κ3) is 3.45. The summed E-state index contributed by atoms with van der Waals surface area (Å²) in [6.45, 7) is 13.3. The van der Waals surface area contributed by atoms with Crippen LogP contribution in [0.1, 0.15) is 12.8 Å². The molecule has 0 N–H and O–H groups in total. The SMILES string of the molecule is C=CC(=C)C(=O)N1CCN(C2CCN(C)CC2)CC1. The van der Waals surface area contributed by atoms with E-state index in [4.69, 9.17) is 0 Å². The van der Waals surface area contributed by atoms with Gasteiger partial charge in [0.25, 0.3) is 5.91 Å². The number of likely N-dealkylation sites (tertiary alicyclic amines) is 1. The highest BCUT2D eigenvalue weighted by Gasteiger charge is 2.28. The highest BCUT2D eigenvalue weighted by Crippen LogP contribution is 2.18. The fourth-order valence-corrected chi connectivity index (χ4v) is 2.94. The normalized spacial score (nSPS) is 23.3. The van der Waals surface area contributed by atoms with E-state index < -0.39 is 0 Å². The fourth-order valence-electron chi connectivity index (χ4n) is 2.94. The average molecular weight is 263 g/mol. The first-order valence-corrected chi connectivity index (χ1v) is 7.15. The van der Waals surface area contributed by atoms with Gasteiger partial charge in [-0.2, -0.15) is 0 Å². The molecule has 0 atom stereocenters. The lowest BCUT2D eigenvalue weighted by molar-refractivity contribution is -0.128. The van der Waals surface area contributed by atoms with Crippen LogP contribution in [0.5, 0.6) is 0 Å². The topological polar surface area (TPSA) is 26.8 Å². The Bertz CT molecular complexity index is 350. The highest BCUT2D eigenvalue weighted by atomic mass is 16.2. The molecular formula is C15H25N3O. The molecule has 0 aromatic rings. The van der Waals surface area contributed by atoms with E-state index in [0.717, 1.165) is 26.2 Å². The van der Waals surface area contributed by atoms with Gasteiger partial charge in [-0.15, -0.1) is 0 Å². The molecule has 4 heteroatoms. The van der Waals surface area contributed by atoms with Gasteiger partial charge in [0, 0.05) is 37.8 Å². The minimum atomic E-state index is 0.0398. The minimum Gasteiger partial charge on any atom is -0.336 e. The van der Waals surface area contributed by atoms with Gasteiger partial charge in [-0.1, -0.05) is 19.2 Å². The van der Waals surface area contributed by atoms with Crippen molar-refractivity contribution in [3.05, 3.63) is 24.8 Å². The Balaban J connectivity index is 1.80. The molecule has 4 nitrogen and oxygen atoms in total. The summed E-state index contributed by atoms with van der Waals surface area (Å²) in [4.78, 5) is 18.8. The second kappa shape index (κ2) is 6.35. The van der Waals surface area contributed by atoms with Crippen LogP contribution in [0, 0.1) is 0 Å². The van der Waals surface area contributed by atoms with Crippen molar-refractivity contribution in [1.29, 1.82) is 0 Å². The summed E-state index contributed by atoms with van der Waals surface area (Å²) >= 11 is 0. The van der Waals surface area contributed by atoms with E-state index in [9.17, 15) is 4.79 Å². The van der Waals surface area contributed by atoms with Gasteiger partial charge >= 0.3 is 0 Å². The Morgan fingerprint density at radius 2 is 1.68 bits per heavy atom. The van der Waals surface area contributed by atoms with Crippen molar-refractivity contribution < 1.29 is 4.79 Å². The van der Waals surface area contributed by atoms with Gasteiger partial charge in [0.05, 0.1) is 0 Å². The number of hydrogen-bond acceptors (Lipinski definition) is 3. The first-order chi connectivity index (χ1) is 9.11. The molecule has 0 aromatic carbocycles. The van der Waals surface area contributed by atoms with Crippen LogP contribution >= 0.6 is 0 Å². The molecule has 0 saturated carbocycles. The summed E-state index contributed by atoms with van der Waals surface area (Å²) in [6.07, 6.45) is 4.05. The molecule has 0 bridgehead atoms. The third-order valence-electron chi connectivity index (χ3n) is 4.33. The lowest BCUT2D eigenvalue weighted by Gasteiger charge is -2.42. The van der Waals surface area contributed by atoms with Crippen LogP contribution in [0.15, 0.2) is 24.8 Å². The van der Waals surface area contributed by atoms with E-state index in [2.05, 4.69) is 30.0 Å². The largest absolute Gasteiger partial charge is 0.336 e. The van der Waals surface area contributed by atoms with Crippen LogP contribution in [0.3, 0.4) is 0 Å². The van der Waals surface area contributed by atoms with Gasteiger partial charge < -0.3 is 9.80 Å². The van der Waals surface area contributed by atoms with Crippen LogP contribution in [0.4, 0.5) is 0 Å². The molecule has 0 aromatic heterocycles. The van der Waals surface area contributed by atoms with Crippen LogP contribution in [0.2, 0.25) is 0 Å². The predicted octanol–water partition coefficient (Wildman–Crippen LogP) is 0.967. The molecular weight excluding hydrogens is 238 g/mol. The summed E-state index contributed by atoms with van der Waals surface area (Å²) in [7, 11) is 2.19. The molecule has 0 unspecified atom stereocenters. The maximum atomic E-state index is 12.0. The first-order valence-electron chi connectivity index (χ1n) is 7.15. The summed E-state index contributed by atoms with van der Waals surface area (Å²) in [5.41, 5.74) is 0.507. The van der Waals surface area contributed by atoms with Crippen molar-refractivity contribution in [3.63, 3.8) is 0 Å². The minimum absolute atomic E-state index is 0.0398. The molecule has 2 heterocycles.